The first-order valence-corrected chi connectivity index (χ1v) is 7.49. The molecule has 2 N–H and O–H groups in total. The van der Waals surface area contributed by atoms with Crippen LogP contribution in [0.25, 0.3) is 0 Å². The summed E-state index contributed by atoms with van der Waals surface area (Å²) in [5, 5.41) is 12.8. The van der Waals surface area contributed by atoms with E-state index in [1.165, 1.54) is 0 Å². The average molecular weight is 314 g/mol. The lowest BCUT2D eigenvalue weighted by molar-refractivity contribution is -0.134. The predicted molar refractivity (Wildman–Crippen MR) is 84.6 cm³/mol. The van der Waals surface area contributed by atoms with Gasteiger partial charge in [-0.3, -0.25) is 4.79 Å². The van der Waals surface area contributed by atoms with Gasteiger partial charge >= 0.3 is 0 Å². The standard InChI is InChI=1S/C16H24ClNO3/c1-11(9-12(2)19)10-18-15(20)16(3,4)21-14-7-5-13(17)6-8-14/h5-8,11-12,19H,9-10H2,1-4H3,(H,18,20)/t11-,12-/m0/s1. The molecule has 0 aromatic heterocycles. The molecular weight excluding hydrogens is 290 g/mol. The summed E-state index contributed by atoms with van der Waals surface area (Å²) >= 11 is 5.82. The second-order valence-electron chi connectivity index (χ2n) is 5.97. The molecule has 0 heterocycles. The van der Waals surface area contributed by atoms with Crippen LogP contribution >= 0.6 is 11.6 Å². The lowest BCUT2D eigenvalue weighted by Crippen LogP contribution is -2.47. The number of halogens is 1. The molecule has 0 saturated carbocycles. The quantitative estimate of drug-likeness (QED) is 0.813. The van der Waals surface area contributed by atoms with Crippen LogP contribution in [0.1, 0.15) is 34.1 Å². The molecule has 0 aliphatic heterocycles. The van der Waals surface area contributed by atoms with E-state index in [9.17, 15) is 9.90 Å². The van der Waals surface area contributed by atoms with Crippen LogP contribution in [0, 0.1) is 5.92 Å². The van der Waals surface area contributed by atoms with Crippen molar-refractivity contribution in [3.8, 4) is 5.75 Å². The van der Waals surface area contributed by atoms with E-state index in [1.807, 2.05) is 6.92 Å². The molecular formula is C16H24ClNO3. The maximum atomic E-state index is 12.2. The van der Waals surface area contributed by atoms with Gasteiger partial charge < -0.3 is 15.2 Å². The van der Waals surface area contributed by atoms with E-state index in [-0.39, 0.29) is 17.9 Å². The zero-order valence-electron chi connectivity index (χ0n) is 13.0. The highest BCUT2D eigenvalue weighted by Crippen LogP contribution is 2.21. The first kappa shape index (κ1) is 17.8. The van der Waals surface area contributed by atoms with E-state index in [0.717, 1.165) is 0 Å². The number of hydrogen-bond donors (Lipinski definition) is 2. The van der Waals surface area contributed by atoms with Crippen molar-refractivity contribution in [3.05, 3.63) is 29.3 Å². The maximum absolute atomic E-state index is 12.2. The van der Waals surface area contributed by atoms with Gasteiger partial charge in [-0.1, -0.05) is 18.5 Å². The highest BCUT2D eigenvalue weighted by molar-refractivity contribution is 6.30. The van der Waals surface area contributed by atoms with Crippen LogP contribution in [-0.2, 0) is 4.79 Å². The molecule has 2 atom stereocenters. The van der Waals surface area contributed by atoms with Gasteiger partial charge in [0, 0.05) is 11.6 Å². The van der Waals surface area contributed by atoms with Crippen molar-refractivity contribution in [3.63, 3.8) is 0 Å². The minimum Gasteiger partial charge on any atom is -0.478 e. The number of nitrogens with one attached hydrogen (secondary N) is 1. The Hall–Kier alpha value is -1.26. The van der Waals surface area contributed by atoms with Gasteiger partial charge in [0.1, 0.15) is 5.75 Å². The van der Waals surface area contributed by atoms with Gasteiger partial charge in [0.05, 0.1) is 6.10 Å². The maximum Gasteiger partial charge on any atom is 0.263 e. The van der Waals surface area contributed by atoms with Crippen molar-refractivity contribution >= 4 is 17.5 Å². The van der Waals surface area contributed by atoms with Gasteiger partial charge in [-0.25, -0.2) is 0 Å². The van der Waals surface area contributed by atoms with Crippen LogP contribution in [0.15, 0.2) is 24.3 Å². The second-order valence-corrected chi connectivity index (χ2v) is 6.40. The summed E-state index contributed by atoms with van der Waals surface area (Å²) in [6.45, 7) is 7.68. The Morgan fingerprint density at radius 3 is 2.43 bits per heavy atom. The van der Waals surface area contributed by atoms with Gasteiger partial charge in [-0.2, -0.15) is 0 Å². The van der Waals surface area contributed by atoms with E-state index in [0.29, 0.717) is 23.7 Å². The van der Waals surface area contributed by atoms with Gasteiger partial charge in [0.25, 0.3) is 5.91 Å². The first-order valence-electron chi connectivity index (χ1n) is 7.11. The van der Waals surface area contributed by atoms with E-state index < -0.39 is 5.60 Å². The van der Waals surface area contributed by atoms with Crippen LogP contribution in [-0.4, -0.2) is 29.3 Å². The van der Waals surface area contributed by atoms with Crippen LogP contribution < -0.4 is 10.1 Å². The van der Waals surface area contributed by atoms with Crippen molar-refractivity contribution in [1.29, 1.82) is 0 Å². The van der Waals surface area contributed by atoms with Crippen molar-refractivity contribution in [2.75, 3.05) is 6.54 Å². The Bertz CT molecular complexity index is 457. The van der Waals surface area contributed by atoms with E-state index in [1.54, 1.807) is 45.0 Å². The number of ether oxygens (including phenoxy) is 1. The monoisotopic (exact) mass is 313 g/mol. The number of amides is 1. The molecule has 1 aromatic rings. The summed E-state index contributed by atoms with van der Waals surface area (Å²) in [6, 6.07) is 6.89. The molecule has 0 aliphatic rings. The minimum atomic E-state index is -0.974. The smallest absolute Gasteiger partial charge is 0.263 e. The van der Waals surface area contributed by atoms with E-state index in [4.69, 9.17) is 16.3 Å². The largest absolute Gasteiger partial charge is 0.478 e. The second kappa shape index (κ2) is 7.66. The summed E-state index contributed by atoms with van der Waals surface area (Å²) in [4.78, 5) is 12.2. The number of aliphatic hydroxyl groups is 1. The molecule has 5 heteroatoms. The molecule has 0 fully saturated rings. The normalized spacial score (nSPS) is 14.4. The number of carbonyl (C=O) groups excluding carboxylic acids is 1. The van der Waals surface area contributed by atoms with Crippen LogP contribution in [0.2, 0.25) is 5.02 Å². The zero-order valence-corrected chi connectivity index (χ0v) is 13.8. The highest BCUT2D eigenvalue weighted by atomic mass is 35.5. The van der Waals surface area contributed by atoms with E-state index >= 15 is 0 Å². The molecule has 4 nitrogen and oxygen atoms in total. The van der Waals surface area contributed by atoms with Crippen molar-refractivity contribution in [2.24, 2.45) is 5.92 Å². The van der Waals surface area contributed by atoms with Gasteiger partial charge in [-0.15, -0.1) is 0 Å². The fraction of sp³-hybridized carbons (Fsp3) is 0.562. The van der Waals surface area contributed by atoms with Crippen LogP contribution in [0.3, 0.4) is 0 Å². The zero-order chi connectivity index (χ0) is 16.0. The third kappa shape index (κ3) is 6.36. The molecule has 21 heavy (non-hydrogen) atoms. The topological polar surface area (TPSA) is 58.6 Å². The van der Waals surface area contributed by atoms with Crippen molar-refractivity contribution in [1.82, 2.24) is 5.32 Å². The third-order valence-corrected chi connectivity index (χ3v) is 3.34. The van der Waals surface area contributed by atoms with E-state index in [2.05, 4.69) is 5.32 Å². The number of carbonyl (C=O) groups is 1. The molecule has 0 saturated heterocycles. The fourth-order valence-corrected chi connectivity index (χ4v) is 2.12. The number of hydrogen-bond acceptors (Lipinski definition) is 3. The summed E-state index contributed by atoms with van der Waals surface area (Å²) in [5.41, 5.74) is -0.974. The predicted octanol–water partition coefficient (Wildman–Crippen LogP) is 3.02. The Morgan fingerprint density at radius 2 is 1.90 bits per heavy atom. The van der Waals surface area contributed by atoms with Crippen molar-refractivity contribution in [2.45, 2.75) is 45.8 Å². The lowest BCUT2D eigenvalue weighted by Gasteiger charge is -2.26. The number of benzene rings is 1. The Kier molecular flexibility index (Phi) is 6.49. The number of rotatable bonds is 7. The summed E-state index contributed by atoms with van der Waals surface area (Å²) in [7, 11) is 0. The molecule has 0 aliphatic carbocycles. The van der Waals surface area contributed by atoms with Gasteiger partial charge in [-0.05, 0) is 57.4 Å². The van der Waals surface area contributed by atoms with Crippen LogP contribution in [0.4, 0.5) is 0 Å². The summed E-state index contributed by atoms with van der Waals surface area (Å²) < 4.78 is 5.71. The molecule has 1 rings (SSSR count). The minimum absolute atomic E-state index is 0.185. The first-order chi connectivity index (χ1) is 9.70. The third-order valence-electron chi connectivity index (χ3n) is 3.09. The number of aliphatic hydroxyl groups excluding tert-OH is 1. The van der Waals surface area contributed by atoms with Gasteiger partial charge in [0.15, 0.2) is 5.60 Å². The highest BCUT2D eigenvalue weighted by Gasteiger charge is 2.30. The molecule has 1 amide bonds. The molecule has 118 valence electrons. The van der Waals surface area contributed by atoms with Gasteiger partial charge in [0.2, 0.25) is 0 Å². The fourth-order valence-electron chi connectivity index (χ4n) is 1.99. The lowest BCUT2D eigenvalue weighted by atomic mass is 10.0. The molecule has 0 radical (unpaired) electrons. The van der Waals surface area contributed by atoms with Crippen molar-refractivity contribution < 1.29 is 14.6 Å². The van der Waals surface area contributed by atoms with Crippen LogP contribution in [0.5, 0.6) is 5.75 Å². The molecule has 0 unspecified atom stereocenters. The molecule has 1 aromatic carbocycles. The Morgan fingerprint density at radius 1 is 1.33 bits per heavy atom. The Labute approximate surface area is 131 Å². The molecule has 0 spiro atoms. The molecule has 0 bridgehead atoms. The average Bonchev–Trinajstić information content (AvgIpc) is 2.37. The SMILES string of the molecule is C[C@H](CNC(=O)C(C)(C)Oc1ccc(Cl)cc1)C[C@H](C)O. The summed E-state index contributed by atoms with van der Waals surface area (Å²) in [5.74, 6) is 0.617. The summed E-state index contributed by atoms with van der Waals surface area (Å²) in [6.07, 6.45) is 0.286. The Balaban J connectivity index is 2.52.